The zero-order valence-electron chi connectivity index (χ0n) is 13.9. The molecule has 0 amide bonds. The summed E-state index contributed by atoms with van der Waals surface area (Å²) in [5.41, 5.74) is 5.21. The highest BCUT2D eigenvalue weighted by molar-refractivity contribution is 5.69. The molecule has 0 spiro atoms. The van der Waals surface area contributed by atoms with Crippen LogP contribution in [0, 0.1) is 0 Å². The smallest absolute Gasteiger partial charge is 0.0546 e. The Bertz CT molecular complexity index is 503. The number of unbranched alkanes of at least 4 members (excludes halogenated alkanes) is 1. The summed E-state index contributed by atoms with van der Waals surface area (Å²) in [6.07, 6.45) is 6.85. The second kappa shape index (κ2) is 6.99. The molecule has 0 saturated carbocycles. The van der Waals surface area contributed by atoms with Crippen molar-refractivity contribution in [2.75, 3.05) is 18.5 Å². The Morgan fingerprint density at radius 1 is 1.43 bits per heavy atom. The van der Waals surface area contributed by atoms with Gasteiger partial charge in [-0.1, -0.05) is 25.5 Å². The number of fused-ring (bicyclic) bond motifs is 1. The second-order valence-electron chi connectivity index (χ2n) is 6.22. The van der Waals surface area contributed by atoms with Gasteiger partial charge in [0.05, 0.1) is 5.70 Å². The molecule has 2 rings (SSSR count). The molecule has 0 bridgehead atoms. The first-order valence-electron chi connectivity index (χ1n) is 8.13. The summed E-state index contributed by atoms with van der Waals surface area (Å²) in [6, 6.07) is 7.37. The molecule has 1 aliphatic heterocycles. The van der Waals surface area contributed by atoms with Crippen LogP contribution in [-0.2, 0) is 6.42 Å². The van der Waals surface area contributed by atoms with E-state index in [4.69, 9.17) is 5.84 Å². The van der Waals surface area contributed by atoms with E-state index in [1.807, 2.05) is 7.05 Å². The molecule has 1 aromatic rings. The van der Waals surface area contributed by atoms with Gasteiger partial charge in [0.15, 0.2) is 0 Å². The summed E-state index contributed by atoms with van der Waals surface area (Å²) in [7, 11) is 1.92. The highest BCUT2D eigenvalue weighted by Crippen LogP contribution is 2.31. The zero-order chi connectivity index (χ0) is 15.4. The molecular formula is C18H29N3. The summed E-state index contributed by atoms with van der Waals surface area (Å²) < 4.78 is 0. The molecule has 0 radical (unpaired) electrons. The second-order valence-corrected chi connectivity index (χ2v) is 6.22. The number of allylic oxidation sites excluding steroid dienone is 1. The first kappa shape index (κ1) is 15.9. The Morgan fingerprint density at radius 3 is 2.81 bits per heavy atom. The fourth-order valence-corrected chi connectivity index (χ4v) is 3.07. The van der Waals surface area contributed by atoms with Crippen LogP contribution < -0.4 is 10.7 Å². The molecule has 3 nitrogen and oxygen atoms in total. The molecule has 1 heterocycles. The van der Waals surface area contributed by atoms with Crippen LogP contribution in [0.5, 0.6) is 0 Å². The van der Waals surface area contributed by atoms with E-state index in [2.05, 4.69) is 49.9 Å². The molecule has 0 fully saturated rings. The molecule has 2 N–H and O–H groups in total. The minimum atomic E-state index is 0.558. The van der Waals surface area contributed by atoms with Crippen LogP contribution in [-0.4, -0.2) is 24.6 Å². The predicted octanol–water partition coefficient (Wildman–Crippen LogP) is 3.79. The molecule has 116 valence electrons. The van der Waals surface area contributed by atoms with E-state index in [0.717, 1.165) is 18.5 Å². The van der Waals surface area contributed by atoms with Gasteiger partial charge in [0.1, 0.15) is 0 Å². The number of nitrogens with two attached hydrogens (primary N) is 1. The lowest BCUT2D eigenvalue weighted by Crippen LogP contribution is -2.35. The molecule has 0 aliphatic carbocycles. The van der Waals surface area contributed by atoms with Crippen molar-refractivity contribution in [3.63, 3.8) is 0 Å². The molecule has 0 atom stereocenters. The fourth-order valence-electron chi connectivity index (χ4n) is 3.07. The number of anilines is 1. The van der Waals surface area contributed by atoms with Crippen molar-refractivity contribution < 1.29 is 0 Å². The first-order chi connectivity index (χ1) is 10.0. The number of benzene rings is 1. The molecule has 1 aliphatic rings. The number of hydrogen-bond donors (Lipinski definition) is 1. The molecule has 0 unspecified atom stereocenters. The number of rotatable bonds is 5. The first-order valence-corrected chi connectivity index (χ1v) is 8.13. The maximum absolute atomic E-state index is 6.02. The summed E-state index contributed by atoms with van der Waals surface area (Å²) in [4.78, 5) is 2.50. The fraction of sp³-hybridized carbons (Fsp3) is 0.556. The third kappa shape index (κ3) is 3.59. The van der Waals surface area contributed by atoms with E-state index in [1.54, 1.807) is 5.01 Å². The van der Waals surface area contributed by atoms with Gasteiger partial charge in [-0.2, -0.15) is 0 Å². The summed E-state index contributed by atoms with van der Waals surface area (Å²) in [5.74, 6) is 6.02. The van der Waals surface area contributed by atoms with Gasteiger partial charge in [0, 0.05) is 25.3 Å². The highest BCUT2D eigenvalue weighted by atomic mass is 15.4. The van der Waals surface area contributed by atoms with E-state index in [0.29, 0.717) is 6.04 Å². The summed E-state index contributed by atoms with van der Waals surface area (Å²) >= 11 is 0. The van der Waals surface area contributed by atoms with E-state index >= 15 is 0 Å². The van der Waals surface area contributed by atoms with Crippen LogP contribution >= 0.6 is 0 Å². The van der Waals surface area contributed by atoms with Crippen molar-refractivity contribution in [1.29, 1.82) is 0 Å². The van der Waals surface area contributed by atoms with Crippen LogP contribution in [0.4, 0.5) is 5.69 Å². The number of hydrogen-bond acceptors (Lipinski definition) is 3. The Kier molecular flexibility index (Phi) is 5.29. The molecule has 21 heavy (non-hydrogen) atoms. The molecule has 0 aromatic heterocycles. The van der Waals surface area contributed by atoms with Gasteiger partial charge < -0.3 is 9.91 Å². The number of nitrogens with zero attached hydrogens (tertiary/aromatic N) is 2. The number of aryl methyl sites for hydroxylation is 1. The lowest BCUT2D eigenvalue weighted by molar-refractivity contribution is 0.509. The van der Waals surface area contributed by atoms with E-state index < -0.39 is 0 Å². The van der Waals surface area contributed by atoms with Crippen molar-refractivity contribution in [3.05, 3.63) is 35.4 Å². The maximum atomic E-state index is 6.02. The minimum Gasteiger partial charge on any atom is -0.369 e. The van der Waals surface area contributed by atoms with Gasteiger partial charge in [0.2, 0.25) is 0 Å². The molecule has 0 saturated heterocycles. The summed E-state index contributed by atoms with van der Waals surface area (Å²) in [6.45, 7) is 7.89. The largest absolute Gasteiger partial charge is 0.369 e. The SMILES string of the molecule is CCC/C=C(/c1ccc2c(c1)CCCN2C(C)C)N(C)N. The summed E-state index contributed by atoms with van der Waals surface area (Å²) in [5, 5.41) is 1.74. The van der Waals surface area contributed by atoms with Gasteiger partial charge >= 0.3 is 0 Å². The Balaban J connectivity index is 2.36. The van der Waals surface area contributed by atoms with E-state index in [9.17, 15) is 0 Å². The van der Waals surface area contributed by atoms with Crippen molar-refractivity contribution in [2.45, 2.75) is 52.5 Å². The Morgan fingerprint density at radius 2 is 2.19 bits per heavy atom. The van der Waals surface area contributed by atoms with Crippen LogP contribution in [0.3, 0.4) is 0 Å². The van der Waals surface area contributed by atoms with Gasteiger partial charge in [-0.25, -0.2) is 5.84 Å². The molecular weight excluding hydrogens is 258 g/mol. The van der Waals surface area contributed by atoms with Crippen molar-refractivity contribution in [2.24, 2.45) is 5.84 Å². The minimum absolute atomic E-state index is 0.558. The van der Waals surface area contributed by atoms with Gasteiger partial charge in [-0.15, -0.1) is 0 Å². The average molecular weight is 287 g/mol. The maximum Gasteiger partial charge on any atom is 0.0546 e. The van der Waals surface area contributed by atoms with Crippen molar-refractivity contribution >= 4 is 11.4 Å². The van der Waals surface area contributed by atoms with Gasteiger partial charge in [0.25, 0.3) is 0 Å². The van der Waals surface area contributed by atoms with E-state index in [-0.39, 0.29) is 0 Å². The van der Waals surface area contributed by atoms with Crippen LogP contribution in [0.1, 0.15) is 51.2 Å². The highest BCUT2D eigenvalue weighted by Gasteiger charge is 2.19. The standard InChI is InChI=1S/C18H29N3/c1-5-6-9-17(20(4)19)16-10-11-18-15(13-16)8-7-12-21(18)14(2)3/h9-11,13-14H,5-8,12,19H2,1-4H3/b17-9-. The van der Waals surface area contributed by atoms with Gasteiger partial charge in [-0.3, -0.25) is 0 Å². The average Bonchev–Trinajstić information content (AvgIpc) is 2.46. The number of hydrazine groups is 1. The monoisotopic (exact) mass is 287 g/mol. The van der Waals surface area contributed by atoms with Crippen LogP contribution in [0.2, 0.25) is 0 Å². The molecule has 1 aromatic carbocycles. The lowest BCUT2D eigenvalue weighted by atomic mass is 9.96. The van der Waals surface area contributed by atoms with Gasteiger partial charge in [-0.05, 0) is 56.4 Å². The normalized spacial score (nSPS) is 15.3. The predicted molar refractivity (Wildman–Crippen MR) is 92.1 cm³/mol. The lowest BCUT2D eigenvalue weighted by Gasteiger charge is -2.35. The van der Waals surface area contributed by atoms with E-state index in [1.165, 1.54) is 36.2 Å². The van der Waals surface area contributed by atoms with Crippen molar-refractivity contribution in [3.8, 4) is 0 Å². The quantitative estimate of drug-likeness (QED) is 0.660. The third-order valence-electron chi connectivity index (χ3n) is 4.16. The van der Waals surface area contributed by atoms with Crippen LogP contribution in [0.15, 0.2) is 24.3 Å². The molecule has 3 heteroatoms. The Hall–Kier alpha value is -1.48. The third-order valence-corrected chi connectivity index (χ3v) is 4.16. The zero-order valence-corrected chi connectivity index (χ0v) is 13.9. The Labute approximate surface area is 129 Å². The van der Waals surface area contributed by atoms with Crippen molar-refractivity contribution in [1.82, 2.24) is 5.01 Å². The van der Waals surface area contributed by atoms with Crippen LogP contribution in [0.25, 0.3) is 5.70 Å². The topological polar surface area (TPSA) is 32.5 Å².